The molecule has 4 aromatic rings. The van der Waals surface area contributed by atoms with E-state index in [4.69, 9.17) is 4.42 Å². The second kappa shape index (κ2) is 9.00. The van der Waals surface area contributed by atoms with Gasteiger partial charge in [-0.1, -0.05) is 49.4 Å². The highest BCUT2D eigenvalue weighted by Crippen LogP contribution is 2.43. The molecule has 1 amide bonds. The van der Waals surface area contributed by atoms with Crippen LogP contribution in [0.5, 0.6) is 0 Å². The van der Waals surface area contributed by atoms with Crippen molar-refractivity contribution in [2.75, 3.05) is 4.90 Å². The number of aliphatic hydroxyl groups is 1. The van der Waals surface area contributed by atoms with E-state index in [1.165, 1.54) is 16.2 Å². The number of rotatable bonds is 6. The van der Waals surface area contributed by atoms with Crippen molar-refractivity contribution >= 4 is 28.7 Å². The molecule has 2 aromatic heterocycles. The number of thiazole rings is 1. The smallest absolute Gasteiger partial charge is 0.294 e. The molecule has 35 heavy (non-hydrogen) atoms. The molecule has 0 bridgehead atoms. The number of hydrogen-bond donors (Lipinski definition) is 1. The highest BCUT2D eigenvalue weighted by atomic mass is 32.1. The standard InChI is InChI=1S/C28H24N2O4S/c1-4-18-11-13-20(14-12-18)30-23(21-15-10-16(2)34-21)22(25(32)28(30)33)24(31)26-17(3)29-27(35-26)19-8-6-5-7-9-19/h5-15,23,32H,4H2,1-3H3. The summed E-state index contributed by atoms with van der Waals surface area (Å²) in [6, 6.07) is 19.7. The van der Waals surface area contributed by atoms with Crippen molar-refractivity contribution in [3.63, 3.8) is 0 Å². The number of ketones is 1. The number of aryl methyl sites for hydroxylation is 3. The van der Waals surface area contributed by atoms with Crippen molar-refractivity contribution in [2.24, 2.45) is 0 Å². The van der Waals surface area contributed by atoms with Crippen molar-refractivity contribution in [3.05, 3.63) is 106 Å². The molecule has 0 spiro atoms. The Morgan fingerprint density at radius 2 is 1.77 bits per heavy atom. The minimum absolute atomic E-state index is 0.00437. The van der Waals surface area contributed by atoms with Crippen LogP contribution in [-0.2, 0) is 11.2 Å². The fraction of sp³-hybridized carbons (Fsp3) is 0.179. The lowest BCUT2D eigenvalue weighted by atomic mass is 9.99. The number of carbonyl (C=O) groups is 2. The monoisotopic (exact) mass is 484 g/mol. The normalized spacial score (nSPS) is 15.8. The lowest BCUT2D eigenvalue weighted by Gasteiger charge is -2.25. The van der Waals surface area contributed by atoms with E-state index in [1.807, 2.05) is 54.6 Å². The number of carbonyl (C=O) groups excluding carboxylic acids is 2. The predicted molar refractivity (Wildman–Crippen MR) is 136 cm³/mol. The zero-order chi connectivity index (χ0) is 24.7. The van der Waals surface area contributed by atoms with Crippen LogP contribution in [0.25, 0.3) is 10.6 Å². The molecule has 1 N–H and O–H groups in total. The molecule has 0 radical (unpaired) electrons. The summed E-state index contributed by atoms with van der Waals surface area (Å²) in [6.07, 6.45) is 0.858. The SMILES string of the molecule is CCc1ccc(N2C(=O)C(O)=C(C(=O)c3sc(-c4ccccc4)nc3C)C2c2ccc(C)o2)cc1. The maximum Gasteiger partial charge on any atom is 0.294 e. The van der Waals surface area contributed by atoms with Crippen LogP contribution in [0.3, 0.4) is 0 Å². The molecule has 0 saturated heterocycles. The topological polar surface area (TPSA) is 83.6 Å². The van der Waals surface area contributed by atoms with Crippen LogP contribution in [0.4, 0.5) is 5.69 Å². The van der Waals surface area contributed by atoms with Crippen molar-refractivity contribution < 1.29 is 19.1 Å². The lowest BCUT2D eigenvalue weighted by Crippen LogP contribution is -2.30. The van der Waals surface area contributed by atoms with Crippen LogP contribution in [0, 0.1) is 13.8 Å². The van der Waals surface area contributed by atoms with Gasteiger partial charge in [0.25, 0.3) is 5.91 Å². The molecule has 0 aliphatic carbocycles. The van der Waals surface area contributed by atoms with E-state index >= 15 is 0 Å². The highest BCUT2D eigenvalue weighted by Gasteiger charge is 2.46. The van der Waals surface area contributed by atoms with E-state index in [0.29, 0.717) is 32.8 Å². The van der Waals surface area contributed by atoms with Gasteiger partial charge in [-0.25, -0.2) is 4.98 Å². The number of furan rings is 1. The fourth-order valence-electron chi connectivity index (χ4n) is 4.30. The zero-order valence-electron chi connectivity index (χ0n) is 19.6. The van der Waals surface area contributed by atoms with Gasteiger partial charge in [-0.2, -0.15) is 0 Å². The Labute approximate surface area is 207 Å². The summed E-state index contributed by atoms with van der Waals surface area (Å²) in [5.41, 5.74) is 3.14. The summed E-state index contributed by atoms with van der Waals surface area (Å²) < 4.78 is 5.88. The van der Waals surface area contributed by atoms with Crippen LogP contribution in [0.2, 0.25) is 0 Å². The Hall–Kier alpha value is -3.97. The van der Waals surface area contributed by atoms with Crippen molar-refractivity contribution in [1.82, 2.24) is 4.98 Å². The molecule has 176 valence electrons. The van der Waals surface area contributed by atoms with Crippen LogP contribution in [-0.4, -0.2) is 21.8 Å². The molecule has 7 heteroatoms. The third-order valence-electron chi connectivity index (χ3n) is 6.13. The third kappa shape index (κ3) is 3.98. The summed E-state index contributed by atoms with van der Waals surface area (Å²) in [7, 11) is 0. The van der Waals surface area contributed by atoms with Gasteiger partial charge in [0.05, 0.1) is 16.1 Å². The van der Waals surface area contributed by atoms with E-state index in [9.17, 15) is 14.7 Å². The van der Waals surface area contributed by atoms with E-state index in [0.717, 1.165) is 17.5 Å². The molecule has 5 rings (SSSR count). The van der Waals surface area contributed by atoms with Crippen molar-refractivity contribution in [3.8, 4) is 10.6 Å². The molecule has 0 saturated carbocycles. The first-order valence-electron chi connectivity index (χ1n) is 11.4. The fourth-order valence-corrected chi connectivity index (χ4v) is 5.32. The van der Waals surface area contributed by atoms with Gasteiger partial charge in [-0.3, -0.25) is 14.5 Å². The first-order chi connectivity index (χ1) is 16.9. The van der Waals surface area contributed by atoms with Crippen LogP contribution < -0.4 is 4.90 Å². The van der Waals surface area contributed by atoms with Gasteiger partial charge in [0.15, 0.2) is 5.76 Å². The second-order valence-electron chi connectivity index (χ2n) is 8.44. The van der Waals surface area contributed by atoms with Gasteiger partial charge in [-0.15, -0.1) is 11.3 Å². The number of anilines is 1. The minimum Gasteiger partial charge on any atom is -0.503 e. The average Bonchev–Trinajstić information content (AvgIpc) is 3.55. The summed E-state index contributed by atoms with van der Waals surface area (Å²) in [5.74, 6) is -0.579. The van der Waals surface area contributed by atoms with E-state index < -0.39 is 23.5 Å². The Morgan fingerprint density at radius 1 is 1.06 bits per heavy atom. The van der Waals surface area contributed by atoms with E-state index in [2.05, 4.69) is 11.9 Å². The largest absolute Gasteiger partial charge is 0.503 e. The number of benzene rings is 2. The maximum absolute atomic E-state index is 13.9. The molecule has 1 aliphatic heterocycles. The molecule has 1 aliphatic rings. The van der Waals surface area contributed by atoms with Crippen LogP contribution in [0.1, 0.15) is 45.4 Å². The van der Waals surface area contributed by atoms with E-state index in [-0.39, 0.29) is 5.57 Å². The first kappa shape index (κ1) is 22.8. The maximum atomic E-state index is 13.9. The summed E-state index contributed by atoms with van der Waals surface area (Å²) in [6.45, 7) is 5.61. The van der Waals surface area contributed by atoms with Gasteiger partial charge in [0.2, 0.25) is 5.78 Å². The van der Waals surface area contributed by atoms with Gasteiger partial charge in [-0.05, 0) is 50.1 Å². The Morgan fingerprint density at radius 3 is 2.40 bits per heavy atom. The van der Waals surface area contributed by atoms with Crippen molar-refractivity contribution in [1.29, 1.82) is 0 Å². The molecule has 0 fully saturated rings. The Bertz CT molecular complexity index is 1450. The van der Waals surface area contributed by atoms with Gasteiger partial charge >= 0.3 is 0 Å². The zero-order valence-corrected chi connectivity index (χ0v) is 20.4. The first-order valence-corrected chi connectivity index (χ1v) is 12.2. The molecule has 1 unspecified atom stereocenters. The molecule has 6 nitrogen and oxygen atoms in total. The van der Waals surface area contributed by atoms with Crippen molar-refractivity contribution in [2.45, 2.75) is 33.2 Å². The molecule has 3 heterocycles. The lowest BCUT2D eigenvalue weighted by molar-refractivity contribution is -0.117. The number of amides is 1. The number of aliphatic hydroxyl groups excluding tert-OH is 1. The van der Waals surface area contributed by atoms with Gasteiger partial charge in [0, 0.05) is 11.3 Å². The van der Waals surface area contributed by atoms with Crippen LogP contribution >= 0.6 is 11.3 Å². The molecular weight excluding hydrogens is 460 g/mol. The number of nitrogens with zero attached hydrogens (tertiary/aromatic N) is 2. The number of aromatic nitrogens is 1. The summed E-state index contributed by atoms with van der Waals surface area (Å²) in [5, 5.41) is 11.7. The van der Waals surface area contributed by atoms with Gasteiger partial charge in [0.1, 0.15) is 22.6 Å². The van der Waals surface area contributed by atoms with Gasteiger partial charge < -0.3 is 9.52 Å². The molecule has 1 atom stereocenters. The quantitative estimate of drug-likeness (QED) is 0.322. The molecular formula is C28H24N2O4S. The predicted octanol–water partition coefficient (Wildman–Crippen LogP) is 6.37. The minimum atomic E-state index is -0.891. The second-order valence-corrected chi connectivity index (χ2v) is 9.44. The number of Topliss-reactive ketones (excluding diaryl/α,β-unsaturated/α-hetero) is 1. The Kier molecular flexibility index (Phi) is 5.86. The summed E-state index contributed by atoms with van der Waals surface area (Å²) >= 11 is 1.25. The average molecular weight is 485 g/mol. The Balaban J connectivity index is 1.60. The highest BCUT2D eigenvalue weighted by molar-refractivity contribution is 7.17. The molecule has 2 aromatic carbocycles. The third-order valence-corrected chi connectivity index (χ3v) is 7.33. The number of hydrogen-bond acceptors (Lipinski definition) is 6. The summed E-state index contributed by atoms with van der Waals surface area (Å²) in [4.78, 5) is 33.6. The van der Waals surface area contributed by atoms with E-state index in [1.54, 1.807) is 26.0 Å². The van der Waals surface area contributed by atoms with Crippen LogP contribution in [0.15, 0.2) is 82.5 Å².